The second-order valence-corrected chi connectivity index (χ2v) is 20.1. The number of carbonyl (C=O) groups is 1. The van der Waals surface area contributed by atoms with Crippen LogP contribution in [0, 0.1) is 12.7 Å². The maximum absolute atomic E-state index is 18.0. The zero-order chi connectivity index (χ0) is 49.0. The Hall–Kier alpha value is -5.68. The molecule has 0 saturated carbocycles. The van der Waals surface area contributed by atoms with Crippen LogP contribution in [0.15, 0.2) is 60.7 Å². The van der Waals surface area contributed by atoms with Gasteiger partial charge in [-0.2, -0.15) is 23.1 Å². The molecule has 12 nitrogen and oxygen atoms in total. The first-order valence-electron chi connectivity index (χ1n) is 23.4. The van der Waals surface area contributed by atoms with Crippen molar-refractivity contribution in [3.63, 3.8) is 0 Å². The van der Waals surface area contributed by atoms with E-state index in [2.05, 4.69) is 14.9 Å². The number of hydrogen-bond acceptors (Lipinski definition) is 11. The molecule has 0 unspecified atom stereocenters. The fraction of sp³-hybridized carbons (Fsp3) is 0.490. The first-order chi connectivity index (χ1) is 32.8. The number of halogens is 6. The Balaban J connectivity index is 1.17. The molecule has 2 aromatic heterocycles. The summed E-state index contributed by atoms with van der Waals surface area (Å²) in [6.45, 7) is 8.88. The molecule has 1 amide bonds. The molecule has 0 spiro atoms. The van der Waals surface area contributed by atoms with Crippen LogP contribution in [0.2, 0.25) is 5.02 Å². The van der Waals surface area contributed by atoms with Crippen LogP contribution in [0.1, 0.15) is 81.5 Å². The molecule has 69 heavy (non-hydrogen) atoms. The smallest absolute Gasteiger partial charge is 0.418 e. The molecule has 0 N–H and O–H groups in total. The minimum absolute atomic E-state index is 0.0246. The van der Waals surface area contributed by atoms with Crippen LogP contribution in [0.3, 0.4) is 0 Å². The number of aromatic nitrogens is 3. The van der Waals surface area contributed by atoms with Crippen molar-refractivity contribution >= 4 is 40.2 Å². The maximum Gasteiger partial charge on any atom is 0.418 e. The Labute approximate surface area is 403 Å². The number of rotatable bonds is 12. The number of hydrogen-bond donors (Lipinski definition) is 0. The number of benzene rings is 3. The summed E-state index contributed by atoms with van der Waals surface area (Å²) in [5, 5.41) is -0.195. The highest BCUT2D eigenvalue weighted by molar-refractivity contribution is 6.34. The van der Waals surface area contributed by atoms with Gasteiger partial charge < -0.3 is 33.6 Å². The predicted molar refractivity (Wildman–Crippen MR) is 254 cm³/mol. The monoisotopic (exact) mass is 977 g/mol. The maximum atomic E-state index is 18.0. The summed E-state index contributed by atoms with van der Waals surface area (Å²) in [5.74, 6) is 0.503. The molecule has 6 heterocycles. The van der Waals surface area contributed by atoms with Gasteiger partial charge in [-0.3, -0.25) is 4.90 Å². The zero-order valence-corrected chi connectivity index (χ0v) is 40.4. The standard InChI is InChI=1S/C51H57ClF5N7O5/c1-30-22-40(62(25-31-8-14-36(66-5)15-9-31)26-32-10-16-37(67-6)17-11-32)58-45(42(30)51(55,56)57)41-39(52)23-38-44(43(41)54)59-47(68-29-50-19-7-20-63(50)27-33(53)24-50)60-46(38)61-21-18-34-12-13-35(28-61)64(34)48(65)69-49(2,3)4/h8-11,14-17,22-23,33-35H,7,12-13,18-21,24-29H2,1-6H3/t33-,34+,35-,50-/m0/s1. The van der Waals surface area contributed by atoms with E-state index < -0.39 is 52.2 Å². The van der Waals surface area contributed by atoms with Crippen molar-refractivity contribution in [3.05, 3.63) is 93.8 Å². The lowest BCUT2D eigenvalue weighted by molar-refractivity contribution is -0.137. The molecular weight excluding hydrogens is 921 g/mol. The van der Waals surface area contributed by atoms with E-state index in [0.29, 0.717) is 50.4 Å². The van der Waals surface area contributed by atoms with Gasteiger partial charge in [0, 0.05) is 50.6 Å². The number of anilines is 2. The lowest BCUT2D eigenvalue weighted by atomic mass is 9.95. The summed E-state index contributed by atoms with van der Waals surface area (Å²) < 4.78 is 102. The summed E-state index contributed by atoms with van der Waals surface area (Å²) in [4.78, 5) is 35.3. The van der Waals surface area contributed by atoms with Gasteiger partial charge in [-0.1, -0.05) is 35.9 Å². The van der Waals surface area contributed by atoms with Gasteiger partial charge in [-0.15, -0.1) is 0 Å². The van der Waals surface area contributed by atoms with Crippen molar-refractivity contribution < 1.29 is 45.7 Å². The van der Waals surface area contributed by atoms with Crippen molar-refractivity contribution in [3.8, 4) is 28.8 Å². The van der Waals surface area contributed by atoms with Crippen molar-refractivity contribution in [1.82, 2.24) is 24.8 Å². The molecule has 0 radical (unpaired) electrons. The van der Waals surface area contributed by atoms with Gasteiger partial charge in [0.05, 0.1) is 47.6 Å². The normalized spacial score (nSPS) is 21.7. The number of fused-ring (bicyclic) bond motifs is 4. The SMILES string of the molecule is COc1ccc(CN(Cc2ccc(OC)cc2)c2cc(C)c(C(F)(F)F)c(-c3c(Cl)cc4c(N5CC[C@H]6CC[C@@H](C5)N6C(=O)OC(C)(C)C)nc(OC[C@@]56CCCN5C[C@@H](F)C6)nc4c3F)n2)cc1. The van der Waals surface area contributed by atoms with Crippen LogP contribution < -0.4 is 24.0 Å². The van der Waals surface area contributed by atoms with Gasteiger partial charge in [-0.25, -0.2) is 18.6 Å². The predicted octanol–water partition coefficient (Wildman–Crippen LogP) is 11.0. The number of nitrogens with zero attached hydrogens (tertiary/aromatic N) is 7. The summed E-state index contributed by atoms with van der Waals surface area (Å²) in [5.41, 5.74) is -2.67. The van der Waals surface area contributed by atoms with Crippen LogP contribution in [-0.4, -0.2) is 107 Å². The lowest BCUT2D eigenvalue weighted by Gasteiger charge is -2.32. The number of pyridine rings is 1. The number of carbonyl (C=O) groups excluding carboxylic acids is 1. The summed E-state index contributed by atoms with van der Waals surface area (Å²) in [6.07, 6.45) is -2.65. The number of ether oxygens (including phenoxy) is 4. The highest BCUT2D eigenvalue weighted by atomic mass is 35.5. The molecule has 18 heteroatoms. The van der Waals surface area contributed by atoms with Crippen molar-refractivity contribution in [2.45, 2.75) is 115 Å². The second-order valence-electron chi connectivity index (χ2n) is 19.7. The second kappa shape index (κ2) is 18.9. The zero-order valence-electron chi connectivity index (χ0n) is 39.6. The van der Waals surface area contributed by atoms with Crippen LogP contribution in [-0.2, 0) is 24.0 Å². The van der Waals surface area contributed by atoms with Gasteiger partial charge in [0.2, 0.25) is 0 Å². The number of methoxy groups -OCH3 is 2. The average molecular weight is 979 g/mol. The fourth-order valence-electron chi connectivity index (χ4n) is 10.7. The largest absolute Gasteiger partial charge is 0.497 e. The molecule has 4 saturated heterocycles. The Morgan fingerprint density at radius 1 is 0.884 bits per heavy atom. The van der Waals surface area contributed by atoms with Gasteiger partial charge >= 0.3 is 18.3 Å². The Morgan fingerprint density at radius 2 is 1.54 bits per heavy atom. The lowest BCUT2D eigenvalue weighted by Crippen LogP contribution is -2.45. The fourth-order valence-corrected chi connectivity index (χ4v) is 11.0. The number of aryl methyl sites for hydroxylation is 1. The van der Waals surface area contributed by atoms with Crippen molar-refractivity contribution in [2.24, 2.45) is 0 Å². The number of amides is 1. The Morgan fingerprint density at radius 3 is 2.16 bits per heavy atom. The van der Waals surface area contributed by atoms with E-state index in [-0.39, 0.29) is 83.9 Å². The highest BCUT2D eigenvalue weighted by Gasteiger charge is 2.50. The molecule has 3 aromatic carbocycles. The molecule has 0 aliphatic carbocycles. The van der Waals surface area contributed by atoms with E-state index in [1.54, 1.807) is 43.4 Å². The van der Waals surface area contributed by atoms with E-state index in [4.69, 9.17) is 35.5 Å². The topological polar surface area (TPSA) is 106 Å². The average Bonchev–Trinajstić information content (AvgIpc) is 3.92. The Bertz CT molecular complexity index is 2660. The molecule has 5 aromatic rings. The quantitative estimate of drug-likeness (QED) is 0.112. The molecule has 4 aliphatic rings. The minimum atomic E-state index is -4.98. The molecule has 368 valence electrons. The third-order valence-corrected chi connectivity index (χ3v) is 14.2. The number of alkyl halides is 4. The molecule has 2 bridgehead atoms. The van der Waals surface area contributed by atoms with E-state index in [1.807, 2.05) is 54.8 Å². The van der Waals surface area contributed by atoms with Crippen molar-refractivity contribution in [2.75, 3.05) is 56.8 Å². The summed E-state index contributed by atoms with van der Waals surface area (Å²) >= 11 is 7.06. The van der Waals surface area contributed by atoms with E-state index in [1.165, 1.54) is 19.1 Å². The van der Waals surface area contributed by atoms with Gasteiger partial charge in [0.25, 0.3) is 0 Å². The van der Waals surface area contributed by atoms with Gasteiger partial charge in [0.15, 0.2) is 5.82 Å². The summed E-state index contributed by atoms with van der Waals surface area (Å²) in [7, 11) is 3.11. The molecule has 4 atom stereocenters. The van der Waals surface area contributed by atoms with E-state index in [9.17, 15) is 9.18 Å². The van der Waals surface area contributed by atoms with Gasteiger partial charge in [0.1, 0.15) is 47.0 Å². The van der Waals surface area contributed by atoms with Crippen LogP contribution in [0.5, 0.6) is 17.5 Å². The minimum Gasteiger partial charge on any atom is -0.497 e. The molecule has 4 aliphatic heterocycles. The van der Waals surface area contributed by atoms with Crippen molar-refractivity contribution in [1.29, 1.82) is 0 Å². The summed E-state index contributed by atoms with van der Waals surface area (Å²) in [6, 6.07) is 16.7. The van der Waals surface area contributed by atoms with E-state index in [0.717, 1.165) is 24.0 Å². The van der Waals surface area contributed by atoms with Crippen LogP contribution in [0.4, 0.5) is 38.4 Å². The molecular formula is C51H57ClF5N7O5. The molecule has 9 rings (SSSR count). The van der Waals surface area contributed by atoms with E-state index >= 15 is 17.6 Å². The Kier molecular flexibility index (Phi) is 13.2. The first kappa shape index (κ1) is 48.3. The first-order valence-corrected chi connectivity index (χ1v) is 23.8. The molecule has 4 fully saturated rings. The van der Waals surface area contributed by atoms with Gasteiger partial charge in [-0.05, 0) is 119 Å². The van der Waals surface area contributed by atoms with Crippen LogP contribution >= 0.6 is 11.6 Å². The third-order valence-electron chi connectivity index (χ3n) is 13.9. The highest BCUT2D eigenvalue weighted by Crippen LogP contribution is 2.47. The third kappa shape index (κ3) is 9.90. The van der Waals surface area contributed by atoms with Crippen LogP contribution in [0.25, 0.3) is 22.2 Å².